The number of nitrogens with one attached hydrogen (secondary N) is 2. The van der Waals surface area contributed by atoms with E-state index < -0.39 is 5.54 Å². The molecule has 10 heteroatoms. The number of pyridine rings is 1. The van der Waals surface area contributed by atoms with Crippen molar-refractivity contribution in [3.05, 3.63) is 52.8 Å². The van der Waals surface area contributed by atoms with Crippen molar-refractivity contribution in [3.8, 4) is 5.88 Å². The lowest BCUT2D eigenvalue weighted by atomic mass is 9.86. The van der Waals surface area contributed by atoms with Crippen molar-refractivity contribution in [1.82, 2.24) is 25.6 Å². The molecule has 4 heterocycles. The number of urea groups is 1. The average molecular weight is 497 g/mol. The summed E-state index contributed by atoms with van der Waals surface area (Å²) < 4.78 is 19.9. The summed E-state index contributed by atoms with van der Waals surface area (Å²) in [6, 6.07) is 8.68. The Bertz CT molecular complexity index is 1160. The third-order valence-electron chi connectivity index (χ3n) is 7.94. The van der Waals surface area contributed by atoms with E-state index in [1.165, 1.54) is 6.07 Å². The van der Waals surface area contributed by atoms with Gasteiger partial charge in [-0.1, -0.05) is 12.1 Å². The summed E-state index contributed by atoms with van der Waals surface area (Å²) in [5.74, 6) is 1.03. The minimum absolute atomic E-state index is 0.0384. The van der Waals surface area contributed by atoms with Crippen LogP contribution in [0.4, 0.5) is 15.0 Å². The smallest absolute Gasteiger partial charge is 0.326 e. The van der Waals surface area contributed by atoms with Crippen molar-refractivity contribution in [2.24, 2.45) is 0 Å². The minimum Gasteiger partial charge on any atom is -0.481 e. The van der Waals surface area contributed by atoms with Crippen molar-refractivity contribution in [3.63, 3.8) is 0 Å². The van der Waals surface area contributed by atoms with Gasteiger partial charge in [0.05, 0.1) is 19.2 Å². The summed E-state index contributed by atoms with van der Waals surface area (Å²) in [6.07, 6.45) is 1.30. The zero-order valence-electron chi connectivity index (χ0n) is 21.0. The van der Waals surface area contributed by atoms with Gasteiger partial charge in [-0.3, -0.25) is 20.5 Å². The molecule has 3 aliphatic rings. The Morgan fingerprint density at radius 2 is 1.92 bits per heavy atom. The second kappa shape index (κ2) is 9.67. The number of methoxy groups -OCH3 is 1. The number of carbonyl (C=O) groups excluding carboxylic acids is 2. The van der Waals surface area contributed by atoms with Crippen LogP contribution in [0.5, 0.6) is 5.88 Å². The van der Waals surface area contributed by atoms with Crippen LogP contribution in [0.3, 0.4) is 0 Å². The maximum absolute atomic E-state index is 14.3. The molecule has 1 spiro atoms. The fourth-order valence-corrected chi connectivity index (χ4v) is 5.62. The Hall–Kier alpha value is -3.24. The van der Waals surface area contributed by atoms with Crippen molar-refractivity contribution >= 4 is 17.8 Å². The summed E-state index contributed by atoms with van der Waals surface area (Å²) in [5.41, 5.74) is 8.09. The molecule has 3 saturated heterocycles. The van der Waals surface area contributed by atoms with Crippen LogP contribution in [-0.4, -0.2) is 72.1 Å². The first kappa shape index (κ1) is 24.5. The molecule has 3 aliphatic heterocycles. The quantitative estimate of drug-likeness (QED) is 0.662. The average Bonchev–Trinajstić information content (AvgIpc) is 3.50. The number of carbonyl (C=O) groups is 2. The second-order valence-electron chi connectivity index (χ2n) is 9.94. The molecule has 2 N–H and O–H groups in total. The van der Waals surface area contributed by atoms with Crippen LogP contribution >= 0.6 is 0 Å². The molecule has 3 fully saturated rings. The molecule has 5 rings (SSSR count). The van der Waals surface area contributed by atoms with E-state index in [1.807, 2.05) is 28.0 Å². The molecule has 3 amide bonds. The van der Waals surface area contributed by atoms with Gasteiger partial charge in [-0.25, -0.2) is 9.18 Å². The SMILES string of the molecule is COc1nc(N2CC3(CCN(C(C)=O)CC3)N(Cc3cccc(F)c3C)C2=O)ccc1C1CNNC1. The third-order valence-corrected chi connectivity index (χ3v) is 7.94. The van der Waals surface area contributed by atoms with Gasteiger partial charge in [0.2, 0.25) is 11.8 Å². The number of likely N-dealkylation sites (tertiary alicyclic amines) is 1. The monoisotopic (exact) mass is 496 g/mol. The van der Waals surface area contributed by atoms with Crippen LogP contribution in [0, 0.1) is 12.7 Å². The Balaban J connectivity index is 1.48. The maximum Gasteiger partial charge on any atom is 0.326 e. The van der Waals surface area contributed by atoms with E-state index in [0.717, 1.165) is 24.2 Å². The fraction of sp³-hybridized carbons (Fsp3) is 0.500. The van der Waals surface area contributed by atoms with Gasteiger partial charge in [-0.05, 0) is 49.1 Å². The first-order valence-corrected chi connectivity index (χ1v) is 12.4. The fourth-order valence-electron chi connectivity index (χ4n) is 5.62. The van der Waals surface area contributed by atoms with E-state index in [0.29, 0.717) is 56.3 Å². The number of halogens is 1. The summed E-state index contributed by atoms with van der Waals surface area (Å²) in [5, 5.41) is 0. The summed E-state index contributed by atoms with van der Waals surface area (Å²) in [7, 11) is 1.59. The second-order valence-corrected chi connectivity index (χ2v) is 9.94. The van der Waals surface area contributed by atoms with E-state index in [1.54, 1.807) is 31.9 Å². The molecular formula is C26H33FN6O3. The van der Waals surface area contributed by atoms with E-state index in [-0.39, 0.29) is 23.7 Å². The van der Waals surface area contributed by atoms with Gasteiger partial charge in [0.15, 0.2) is 0 Å². The first-order chi connectivity index (χ1) is 17.3. The predicted octanol–water partition coefficient (Wildman–Crippen LogP) is 2.55. The number of amides is 3. The van der Waals surface area contributed by atoms with Crippen molar-refractivity contribution in [2.45, 2.75) is 44.7 Å². The molecule has 1 aromatic heterocycles. The molecule has 9 nitrogen and oxygen atoms in total. The third kappa shape index (κ3) is 4.28. The van der Waals surface area contributed by atoms with Gasteiger partial charge in [-0.15, -0.1) is 0 Å². The normalized spacial score (nSPS) is 20.0. The number of hydrogen-bond donors (Lipinski definition) is 2. The van der Waals surface area contributed by atoms with Gasteiger partial charge < -0.3 is 14.5 Å². The topological polar surface area (TPSA) is 90.0 Å². The Morgan fingerprint density at radius 1 is 1.19 bits per heavy atom. The molecule has 0 atom stereocenters. The van der Waals surface area contributed by atoms with Crippen LogP contribution in [0.2, 0.25) is 0 Å². The number of benzene rings is 1. The van der Waals surface area contributed by atoms with Crippen molar-refractivity contribution in [1.29, 1.82) is 0 Å². The number of rotatable bonds is 5. The van der Waals surface area contributed by atoms with Crippen LogP contribution in [0.25, 0.3) is 0 Å². The summed E-state index contributed by atoms with van der Waals surface area (Å²) >= 11 is 0. The van der Waals surface area contributed by atoms with Crippen LogP contribution in [0.1, 0.15) is 42.4 Å². The minimum atomic E-state index is -0.478. The molecule has 0 unspecified atom stereocenters. The molecule has 1 aromatic carbocycles. The van der Waals surface area contributed by atoms with Gasteiger partial charge >= 0.3 is 6.03 Å². The van der Waals surface area contributed by atoms with Gasteiger partial charge in [0.1, 0.15) is 11.6 Å². The number of piperidine rings is 1. The lowest BCUT2D eigenvalue weighted by Gasteiger charge is -2.43. The van der Waals surface area contributed by atoms with Gasteiger partial charge in [0.25, 0.3) is 0 Å². The van der Waals surface area contributed by atoms with E-state index >= 15 is 0 Å². The highest BCUT2D eigenvalue weighted by molar-refractivity contribution is 5.94. The lowest BCUT2D eigenvalue weighted by Crippen LogP contribution is -2.54. The Morgan fingerprint density at radius 3 is 2.58 bits per heavy atom. The number of aromatic nitrogens is 1. The molecular weight excluding hydrogens is 463 g/mol. The zero-order chi connectivity index (χ0) is 25.4. The number of ether oxygens (including phenoxy) is 1. The predicted molar refractivity (Wildman–Crippen MR) is 133 cm³/mol. The van der Waals surface area contributed by atoms with Crippen LogP contribution in [0.15, 0.2) is 30.3 Å². The largest absolute Gasteiger partial charge is 0.481 e. The lowest BCUT2D eigenvalue weighted by molar-refractivity contribution is -0.131. The zero-order valence-corrected chi connectivity index (χ0v) is 21.0. The molecule has 0 aliphatic carbocycles. The molecule has 2 aromatic rings. The molecule has 0 radical (unpaired) electrons. The highest BCUT2D eigenvalue weighted by Gasteiger charge is 2.52. The number of nitrogens with zero attached hydrogens (tertiary/aromatic N) is 4. The number of anilines is 1. The van der Waals surface area contributed by atoms with E-state index in [2.05, 4.69) is 10.9 Å². The standard InChI is InChI=1S/C26H33FN6O3/c1-17-19(5-4-6-22(17)27)15-33-25(35)32(16-26(33)9-11-31(12-10-26)18(2)34)23-8-7-21(24(30-23)36-3)20-13-28-29-14-20/h4-8,20,28-29H,9-16H2,1-3H3. The van der Waals surface area contributed by atoms with E-state index in [4.69, 9.17) is 9.72 Å². The van der Waals surface area contributed by atoms with E-state index in [9.17, 15) is 14.0 Å². The van der Waals surface area contributed by atoms with Gasteiger partial charge in [-0.2, -0.15) is 4.98 Å². The number of hydrazine groups is 1. The summed E-state index contributed by atoms with van der Waals surface area (Å²) in [4.78, 5) is 36.0. The molecule has 192 valence electrons. The van der Waals surface area contributed by atoms with Gasteiger partial charge in [0, 0.05) is 51.1 Å². The van der Waals surface area contributed by atoms with Crippen LogP contribution < -0.4 is 20.5 Å². The summed E-state index contributed by atoms with van der Waals surface area (Å²) in [6.45, 7) is 6.77. The highest BCUT2D eigenvalue weighted by Crippen LogP contribution is 2.40. The van der Waals surface area contributed by atoms with Crippen molar-refractivity contribution < 1.29 is 18.7 Å². The Kier molecular flexibility index (Phi) is 6.57. The molecule has 0 bridgehead atoms. The first-order valence-electron chi connectivity index (χ1n) is 12.4. The Labute approximate surface area is 210 Å². The van der Waals surface area contributed by atoms with Crippen LogP contribution in [-0.2, 0) is 11.3 Å². The maximum atomic E-state index is 14.3. The molecule has 0 saturated carbocycles. The molecule has 36 heavy (non-hydrogen) atoms. The number of hydrogen-bond acceptors (Lipinski definition) is 6. The highest BCUT2D eigenvalue weighted by atomic mass is 19.1. The van der Waals surface area contributed by atoms with Crippen molar-refractivity contribution in [2.75, 3.05) is 44.7 Å².